The molecule has 0 aromatic carbocycles. The summed E-state index contributed by atoms with van der Waals surface area (Å²) >= 11 is 0. The highest BCUT2D eigenvalue weighted by atomic mass is 19.4. The standard InChI is InChI=1S/C5H8F3O/c1-3-9-4(2)5(6,7)8/h4H,1,3H2,2H3. The maximum atomic E-state index is 11.5. The van der Waals surface area contributed by atoms with Crippen LogP contribution < -0.4 is 0 Å². The van der Waals surface area contributed by atoms with Gasteiger partial charge >= 0.3 is 6.18 Å². The van der Waals surface area contributed by atoms with Crippen LogP contribution in [0.15, 0.2) is 0 Å². The Morgan fingerprint density at radius 2 is 2.00 bits per heavy atom. The van der Waals surface area contributed by atoms with Gasteiger partial charge in [0.2, 0.25) is 0 Å². The largest absolute Gasteiger partial charge is 0.414 e. The van der Waals surface area contributed by atoms with Crippen molar-refractivity contribution in [2.45, 2.75) is 19.2 Å². The summed E-state index contributed by atoms with van der Waals surface area (Å²) in [6.07, 6.45) is -5.95. The van der Waals surface area contributed by atoms with Gasteiger partial charge in [-0.1, -0.05) is 0 Å². The Bertz CT molecular complexity index is 78.8. The Morgan fingerprint density at radius 1 is 1.56 bits per heavy atom. The molecule has 0 spiro atoms. The molecule has 0 rings (SSSR count). The molecule has 1 nitrogen and oxygen atoms in total. The van der Waals surface area contributed by atoms with Crippen LogP contribution in [0.2, 0.25) is 0 Å². The quantitative estimate of drug-likeness (QED) is 0.569. The van der Waals surface area contributed by atoms with Crippen LogP contribution in [0, 0.1) is 6.92 Å². The second-order valence-corrected chi connectivity index (χ2v) is 1.55. The number of hydrogen-bond donors (Lipinski definition) is 0. The van der Waals surface area contributed by atoms with Crippen LogP contribution in [0.25, 0.3) is 0 Å². The van der Waals surface area contributed by atoms with E-state index < -0.39 is 12.3 Å². The van der Waals surface area contributed by atoms with Crippen LogP contribution in [-0.4, -0.2) is 18.9 Å². The number of hydrogen-bond acceptors (Lipinski definition) is 1. The fraction of sp³-hybridized carbons (Fsp3) is 0.800. The third-order valence-corrected chi connectivity index (χ3v) is 0.829. The third kappa shape index (κ3) is 3.35. The summed E-state index contributed by atoms with van der Waals surface area (Å²) in [5.74, 6) is 0. The average Bonchev–Trinajstić information content (AvgIpc) is 1.64. The molecule has 0 fully saturated rings. The predicted octanol–water partition coefficient (Wildman–Crippen LogP) is 1.79. The second kappa shape index (κ2) is 3.06. The minimum Gasteiger partial charge on any atom is -0.369 e. The van der Waals surface area contributed by atoms with Gasteiger partial charge in [0.05, 0.1) is 0 Å². The number of ether oxygens (including phenoxy) is 1. The Kier molecular flexibility index (Phi) is 2.97. The van der Waals surface area contributed by atoms with E-state index in [0.29, 0.717) is 0 Å². The van der Waals surface area contributed by atoms with E-state index in [-0.39, 0.29) is 6.61 Å². The van der Waals surface area contributed by atoms with E-state index in [1.807, 2.05) is 0 Å². The lowest BCUT2D eigenvalue weighted by Crippen LogP contribution is -2.28. The summed E-state index contributed by atoms with van der Waals surface area (Å²) in [6.45, 7) is 3.91. The molecular formula is C5H8F3O. The van der Waals surface area contributed by atoms with Crippen LogP contribution in [-0.2, 0) is 4.74 Å². The lowest BCUT2D eigenvalue weighted by atomic mass is 10.4. The van der Waals surface area contributed by atoms with E-state index >= 15 is 0 Å². The number of alkyl halides is 3. The molecular weight excluding hydrogens is 133 g/mol. The third-order valence-electron chi connectivity index (χ3n) is 0.829. The molecule has 1 radical (unpaired) electrons. The summed E-state index contributed by atoms with van der Waals surface area (Å²) in [6, 6.07) is 0. The van der Waals surface area contributed by atoms with Crippen molar-refractivity contribution in [3.8, 4) is 0 Å². The Balaban J connectivity index is 3.59. The van der Waals surface area contributed by atoms with Crippen LogP contribution in [0.1, 0.15) is 6.92 Å². The van der Waals surface area contributed by atoms with Crippen molar-refractivity contribution >= 4 is 0 Å². The maximum absolute atomic E-state index is 11.5. The minimum absolute atomic E-state index is 0.152. The molecule has 0 aliphatic heterocycles. The Hall–Kier alpha value is -0.250. The number of rotatable bonds is 2. The van der Waals surface area contributed by atoms with Gasteiger partial charge in [-0.05, 0) is 13.8 Å². The van der Waals surface area contributed by atoms with Gasteiger partial charge in [0.15, 0.2) is 6.10 Å². The zero-order chi connectivity index (χ0) is 7.49. The Morgan fingerprint density at radius 3 is 2.11 bits per heavy atom. The first-order valence-corrected chi connectivity index (χ1v) is 2.46. The highest BCUT2D eigenvalue weighted by molar-refractivity contribution is 4.60. The molecule has 0 saturated heterocycles. The highest BCUT2D eigenvalue weighted by Gasteiger charge is 2.36. The first-order chi connectivity index (χ1) is 3.98. The summed E-state index contributed by atoms with van der Waals surface area (Å²) in [4.78, 5) is 0. The zero-order valence-electron chi connectivity index (χ0n) is 5.03. The predicted molar refractivity (Wildman–Crippen MR) is 26.8 cm³/mol. The summed E-state index contributed by atoms with van der Waals surface area (Å²) in [7, 11) is 0. The molecule has 1 unspecified atom stereocenters. The summed E-state index contributed by atoms with van der Waals surface area (Å²) in [5, 5.41) is 0. The average molecular weight is 141 g/mol. The van der Waals surface area contributed by atoms with Gasteiger partial charge in [-0.15, -0.1) is 0 Å². The van der Waals surface area contributed by atoms with Gasteiger partial charge in [-0.3, -0.25) is 0 Å². The molecule has 0 aromatic rings. The van der Waals surface area contributed by atoms with E-state index in [2.05, 4.69) is 11.7 Å². The van der Waals surface area contributed by atoms with E-state index in [4.69, 9.17) is 0 Å². The van der Waals surface area contributed by atoms with Crippen molar-refractivity contribution < 1.29 is 17.9 Å². The van der Waals surface area contributed by atoms with Crippen molar-refractivity contribution in [3.05, 3.63) is 6.92 Å². The van der Waals surface area contributed by atoms with E-state index in [0.717, 1.165) is 6.92 Å². The summed E-state index contributed by atoms with van der Waals surface area (Å²) in [5.41, 5.74) is 0. The molecule has 9 heavy (non-hydrogen) atoms. The van der Waals surface area contributed by atoms with Crippen LogP contribution in [0.3, 0.4) is 0 Å². The molecule has 0 amide bonds. The van der Waals surface area contributed by atoms with E-state index in [9.17, 15) is 13.2 Å². The van der Waals surface area contributed by atoms with Crippen molar-refractivity contribution in [3.63, 3.8) is 0 Å². The van der Waals surface area contributed by atoms with Crippen LogP contribution in [0.5, 0.6) is 0 Å². The molecule has 55 valence electrons. The first-order valence-electron chi connectivity index (χ1n) is 2.46. The van der Waals surface area contributed by atoms with Crippen molar-refractivity contribution in [2.75, 3.05) is 6.61 Å². The molecule has 0 aliphatic carbocycles. The van der Waals surface area contributed by atoms with Crippen LogP contribution >= 0.6 is 0 Å². The lowest BCUT2D eigenvalue weighted by Gasteiger charge is -2.14. The van der Waals surface area contributed by atoms with Gasteiger partial charge < -0.3 is 4.74 Å². The second-order valence-electron chi connectivity index (χ2n) is 1.55. The SMILES string of the molecule is [CH2]COC(C)C(F)(F)F. The van der Waals surface area contributed by atoms with Crippen LogP contribution in [0.4, 0.5) is 13.2 Å². The van der Waals surface area contributed by atoms with E-state index in [1.165, 1.54) is 0 Å². The smallest absolute Gasteiger partial charge is 0.369 e. The van der Waals surface area contributed by atoms with Gasteiger partial charge in [-0.2, -0.15) is 13.2 Å². The van der Waals surface area contributed by atoms with Gasteiger partial charge in [0, 0.05) is 6.61 Å². The Labute approximate surface area is 51.8 Å². The normalized spacial score (nSPS) is 15.7. The van der Waals surface area contributed by atoms with Gasteiger partial charge in [0.25, 0.3) is 0 Å². The molecule has 0 aromatic heterocycles. The van der Waals surface area contributed by atoms with Gasteiger partial charge in [0.1, 0.15) is 0 Å². The minimum atomic E-state index is -4.25. The molecule has 0 saturated carbocycles. The van der Waals surface area contributed by atoms with Gasteiger partial charge in [-0.25, -0.2) is 0 Å². The monoisotopic (exact) mass is 141 g/mol. The fourth-order valence-corrected chi connectivity index (χ4v) is 0.271. The number of halogens is 3. The first kappa shape index (κ1) is 8.75. The topological polar surface area (TPSA) is 9.23 Å². The molecule has 0 bridgehead atoms. The molecule has 4 heteroatoms. The van der Waals surface area contributed by atoms with Crippen molar-refractivity contribution in [1.82, 2.24) is 0 Å². The molecule has 0 heterocycles. The molecule has 0 aliphatic rings. The fourth-order valence-electron chi connectivity index (χ4n) is 0.271. The molecule has 0 N–H and O–H groups in total. The van der Waals surface area contributed by atoms with Crippen molar-refractivity contribution in [1.29, 1.82) is 0 Å². The summed E-state index contributed by atoms with van der Waals surface area (Å²) < 4.78 is 38.6. The zero-order valence-corrected chi connectivity index (χ0v) is 5.03. The van der Waals surface area contributed by atoms with E-state index in [1.54, 1.807) is 0 Å². The molecule has 1 atom stereocenters. The van der Waals surface area contributed by atoms with Crippen molar-refractivity contribution in [2.24, 2.45) is 0 Å². The highest BCUT2D eigenvalue weighted by Crippen LogP contribution is 2.21. The lowest BCUT2D eigenvalue weighted by molar-refractivity contribution is -0.211. The maximum Gasteiger partial charge on any atom is 0.414 e.